The van der Waals surface area contributed by atoms with Gasteiger partial charge in [0.1, 0.15) is 12.4 Å². The minimum absolute atomic E-state index is 0.234. The zero-order valence-electron chi connectivity index (χ0n) is 15.4. The Morgan fingerprint density at radius 3 is 2.67 bits per heavy atom. The van der Waals surface area contributed by atoms with Gasteiger partial charge in [-0.1, -0.05) is 30.5 Å². The van der Waals surface area contributed by atoms with Crippen LogP contribution >= 0.6 is 27.5 Å². The minimum Gasteiger partial charge on any atom is -0.490 e. The first-order valence-electron chi connectivity index (χ1n) is 9.32. The Morgan fingerprint density at radius 1 is 1.19 bits per heavy atom. The first-order valence-corrected chi connectivity index (χ1v) is 10.5. The fraction of sp³-hybridized carbons (Fsp3) is 0.429. The van der Waals surface area contributed by atoms with E-state index in [4.69, 9.17) is 21.1 Å². The molecule has 0 atom stereocenters. The Morgan fingerprint density at radius 2 is 1.96 bits per heavy atom. The first kappa shape index (κ1) is 20.4. The van der Waals surface area contributed by atoms with Crippen LogP contribution in [0.4, 0.5) is 4.39 Å². The van der Waals surface area contributed by atoms with Gasteiger partial charge in [-0.2, -0.15) is 0 Å². The molecule has 0 spiro atoms. The van der Waals surface area contributed by atoms with E-state index in [-0.39, 0.29) is 12.4 Å². The zero-order valence-corrected chi connectivity index (χ0v) is 17.7. The summed E-state index contributed by atoms with van der Waals surface area (Å²) in [5, 5.41) is 3.96. The number of halogens is 3. The molecule has 27 heavy (non-hydrogen) atoms. The molecular formula is C21H24BrClFNO2. The lowest BCUT2D eigenvalue weighted by Crippen LogP contribution is -2.25. The lowest BCUT2D eigenvalue weighted by atomic mass is 10.1. The monoisotopic (exact) mass is 455 g/mol. The number of nitrogens with one attached hydrogen (secondary N) is 1. The Labute approximate surface area is 173 Å². The molecule has 1 aliphatic rings. The molecule has 0 bridgehead atoms. The highest BCUT2D eigenvalue weighted by atomic mass is 79.9. The molecular weight excluding hydrogens is 433 g/mol. The molecule has 1 aliphatic carbocycles. The van der Waals surface area contributed by atoms with Crippen LogP contribution < -0.4 is 14.8 Å². The van der Waals surface area contributed by atoms with Crippen LogP contribution in [-0.2, 0) is 13.2 Å². The molecule has 3 nitrogen and oxygen atoms in total. The topological polar surface area (TPSA) is 30.5 Å². The molecule has 0 heterocycles. The second-order valence-corrected chi connectivity index (χ2v) is 7.99. The summed E-state index contributed by atoms with van der Waals surface area (Å²) in [5.41, 5.74) is 1.86. The summed E-state index contributed by atoms with van der Waals surface area (Å²) < 4.78 is 25.8. The summed E-state index contributed by atoms with van der Waals surface area (Å²) in [4.78, 5) is 0. The third kappa shape index (κ3) is 5.59. The summed E-state index contributed by atoms with van der Waals surface area (Å²) in [5.74, 6) is 0.953. The lowest BCUT2D eigenvalue weighted by Gasteiger charge is -2.17. The molecule has 146 valence electrons. The van der Waals surface area contributed by atoms with Crippen molar-refractivity contribution in [3.63, 3.8) is 0 Å². The van der Waals surface area contributed by atoms with Gasteiger partial charge in [-0.3, -0.25) is 0 Å². The summed E-state index contributed by atoms with van der Waals surface area (Å²) in [6, 6.07) is 8.96. The van der Waals surface area contributed by atoms with Gasteiger partial charge < -0.3 is 14.8 Å². The van der Waals surface area contributed by atoms with E-state index >= 15 is 0 Å². The first-order chi connectivity index (χ1) is 13.1. The Kier molecular flexibility index (Phi) is 7.39. The van der Waals surface area contributed by atoms with Crippen molar-refractivity contribution in [1.29, 1.82) is 0 Å². The van der Waals surface area contributed by atoms with Crippen molar-refractivity contribution < 1.29 is 13.9 Å². The summed E-state index contributed by atoms with van der Waals surface area (Å²) >= 11 is 9.69. The molecule has 3 rings (SSSR count). The molecule has 0 radical (unpaired) electrons. The zero-order chi connectivity index (χ0) is 19.2. The molecule has 6 heteroatoms. The Hall–Kier alpha value is -1.30. The van der Waals surface area contributed by atoms with E-state index in [1.54, 1.807) is 6.07 Å². The van der Waals surface area contributed by atoms with E-state index in [0.717, 1.165) is 22.1 Å². The second-order valence-electron chi connectivity index (χ2n) is 6.72. The van der Waals surface area contributed by atoms with Gasteiger partial charge in [0.15, 0.2) is 11.5 Å². The van der Waals surface area contributed by atoms with Crippen LogP contribution in [-0.4, -0.2) is 12.6 Å². The summed E-state index contributed by atoms with van der Waals surface area (Å²) in [7, 11) is 0. The van der Waals surface area contributed by atoms with Crippen molar-refractivity contribution in [3.8, 4) is 11.5 Å². The van der Waals surface area contributed by atoms with Gasteiger partial charge in [-0.05, 0) is 65.5 Å². The third-order valence-corrected chi connectivity index (χ3v) is 5.65. The van der Waals surface area contributed by atoms with E-state index < -0.39 is 0 Å². The fourth-order valence-corrected chi connectivity index (χ4v) is 4.13. The van der Waals surface area contributed by atoms with E-state index in [2.05, 4.69) is 21.2 Å². The van der Waals surface area contributed by atoms with E-state index in [9.17, 15) is 4.39 Å². The normalized spacial score (nSPS) is 14.5. The van der Waals surface area contributed by atoms with Gasteiger partial charge in [-0.25, -0.2) is 4.39 Å². The highest BCUT2D eigenvalue weighted by Crippen LogP contribution is 2.38. The van der Waals surface area contributed by atoms with Gasteiger partial charge in [-0.15, -0.1) is 0 Å². The van der Waals surface area contributed by atoms with Crippen molar-refractivity contribution in [2.24, 2.45) is 0 Å². The van der Waals surface area contributed by atoms with Crippen LogP contribution in [0.5, 0.6) is 11.5 Å². The predicted octanol–water partition coefficient (Wildman–Crippen LogP) is 6.25. The molecule has 2 aromatic rings. The molecule has 2 aromatic carbocycles. The number of hydrogen-bond donors (Lipinski definition) is 1. The van der Waals surface area contributed by atoms with Crippen LogP contribution in [0.2, 0.25) is 5.02 Å². The van der Waals surface area contributed by atoms with E-state index in [1.807, 2.05) is 19.1 Å². The summed E-state index contributed by atoms with van der Waals surface area (Å²) in [6.45, 7) is 3.52. The van der Waals surface area contributed by atoms with Crippen LogP contribution in [0.1, 0.15) is 43.7 Å². The maximum atomic E-state index is 13.2. The molecule has 1 fully saturated rings. The van der Waals surface area contributed by atoms with Crippen LogP contribution in [0.15, 0.2) is 34.8 Å². The SMILES string of the molecule is CCOc1cc(CNC2CCCC2)cc(Br)c1OCc1ccc(F)cc1Cl. The Bertz CT molecular complexity index is 781. The van der Waals surface area contributed by atoms with Crippen molar-refractivity contribution in [1.82, 2.24) is 5.32 Å². The van der Waals surface area contributed by atoms with Crippen LogP contribution in [0.25, 0.3) is 0 Å². The number of ether oxygens (including phenoxy) is 2. The van der Waals surface area contributed by atoms with Gasteiger partial charge in [0.25, 0.3) is 0 Å². The van der Waals surface area contributed by atoms with Gasteiger partial charge >= 0.3 is 0 Å². The third-order valence-electron chi connectivity index (χ3n) is 4.71. The molecule has 0 aromatic heterocycles. The van der Waals surface area contributed by atoms with Crippen molar-refractivity contribution in [3.05, 3.63) is 56.8 Å². The average Bonchev–Trinajstić information content (AvgIpc) is 3.14. The quantitative estimate of drug-likeness (QED) is 0.509. The van der Waals surface area contributed by atoms with Gasteiger partial charge in [0.05, 0.1) is 16.1 Å². The highest BCUT2D eigenvalue weighted by molar-refractivity contribution is 9.10. The van der Waals surface area contributed by atoms with Gasteiger partial charge in [0.2, 0.25) is 0 Å². The number of rotatable bonds is 8. The fourth-order valence-electron chi connectivity index (χ4n) is 3.31. The number of benzene rings is 2. The van der Waals surface area contributed by atoms with Crippen molar-refractivity contribution in [2.75, 3.05) is 6.61 Å². The number of hydrogen-bond acceptors (Lipinski definition) is 3. The largest absolute Gasteiger partial charge is 0.490 e. The summed E-state index contributed by atoms with van der Waals surface area (Å²) in [6.07, 6.45) is 5.12. The maximum Gasteiger partial charge on any atom is 0.175 e. The predicted molar refractivity (Wildman–Crippen MR) is 110 cm³/mol. The molecule has 0 aliphatic heterocycles. The molecule has 0 amide bonds. The van der Waals surface area contributed by atoms with Crippen LogP contribution in [0.3, 0.4) is 0 Å². The van der Waals surface area contributed by atoms with Crippen molar-refractivity contribution in [2.45, 2.75) is 51.8 Å². The second kappa shape index (κ2) is 9.76. The average molecular weight is 457 g/mol. The van der Waals surface area contributed by atoms with Crippen molar-refractivity contribution >= 4 is 27.5 Å². The highest BCUT2D eigenvalue weighted by Gasteiger charge is 2.16. The standard InChI is InChI=1S/C21H24BrClFNO2/c1-2-26-20-10-14(12-25-17-5-3-4-6-17)9-18(22)21(20)27-13-15-7-8-16(24)11-19(15)23/h7-11,17,25H,2-6,12-13H2,1H3. The molecule has 1 N–H and O–H groups in total. The Balaban J connectivity index is 1.72. The van der Waals surface area contributed by atoms with E-state index in [1.165, 1.54) is 37.8 Å². The molecule has 0 saturated heterocycles. The minimum atomic E-state index is -0.362. The van der Waals surface area contributed by atoms with Gasteiger partial charge in [0, 0.05) is 18.2 Å². The molecule has 0 unspecified atom stereocenters. The van der Waals surface area contributed by atoms with E-state index in [0.29, 0.717) is 29.2 Å². The van der Waals surface area contributed by atoms with Crippen LogP contribution in [0, 0.1) is 5.82 Å². The molecule has 1 saturated carbocycles. The maximum absolute atomic E-state index is 13.2. The lowest BCUT2D eigenvalue weighted by molar-refractivity contribution is 0.267. The smallest absolute Gasteiger partial charge is 0.175 e.